The smallest absolute Gasteiger partial charge is 0.335 e. The fraction of sp³-hybridized carbons (Fsp3) is 0.857. The zero-order valence-electron chi connectivity index (χ0n) is 6.26. The van der Waals surface area contributed by atoms with Crippen molar-refractivity contribution < 1.29 is 14.6 Å². The molecule has 10 heavy (non-hydrogen) atoms. The lowest BCUT2D eigenvalue weighted by Gasteiger charge is -2.19. The first-order chi connectivity index (χ1) is 4.52. The first-order valence-corrected chi connectivity index (χ1v) is 3.43. The molecule has 3 nitrogen and oxygen atoms in total. The molecule has 0 bridgehead atoms. The highest BCUT2D eigenvalue weighted by molar-refractivity contribution is 5.76. The molecule has 0 amide bonds. The first kappa shape index (κ1) is 7.54. The summed E-state index contributed by atoms with van der Waals surface area (Å²) in [5.41, 5.74) is -0.999. The molecular formula is C7H12O3. The average Bonchev–Trinajstić information content (AvgIpc) is 2.48. The van der Waals surface area contributed by atoms with Crippen molar-refractivity contribution in [1.29, 1.82) is 0 Å². The molecule has 0 heterocycles. The molecule has 0 aromatic rings. The maximum absolute atomic E-state index is 10.5. The second-order valence-electron chi connectivity index (χ2n) is 3.13. The van der Waals surface area contributed by atoms with Gasteiger partial charge in [0, 0.05) is 0 Å². The fourth-order valence-corrected chi connectivity index (χ4v) is 0.653. The van der Waals surface area contributed by atoms with Gasteiger partial charge in [0.15, 0.2) is 5.60 Å². The van der Waals surface area contributed by atoms with E-state index in [-0.39, 0.29) is 6.10 Å². The third kappa shape index (κ3) is 1.70. The second kappa shape index (κ2) is 2.23. The molecule has 0 aliphatic heterocycles. The fourth-order valence-electron chi connectivity index (χ4n) is 0.653. The van der Waals surface area contributed by atoms with Crippen LogP contribution in [-0.2, 0) is 9.53 Å². The van der Waals surface area contributed by atoms with Crippen molar-refractivity contribution in [3.05, 3.63) is 0 Å². The summed E-state index contributed by atoms with van der Waals surface area (Å²) < 4.78 is 5.21. The van der Waals surface area contributed by atoms with Crippen molar-refractivity contribution >= 4 is 5.97 Å². The van der Waals surface area contributed by atoms with E-state index in [1.165, 1.54) is 0 Å². The highest BCUT2D eigenvalue weighted by atomic mass is 16.5. The predicted molar refractivity (Wildman–Crippen MR) is 35.8 cm³/mol. The second-order valence-corrected chi connectivity index (χ2v) is 3.13. The van der Waals surface area contributed by atoms with Gasteiger partial charge in [0.25, 0.3) is 0 Å². The van der Waals surface area contributed by atoms with E-state index in [1.807, 2.05) is 0 Å². The molecule has 3 heteroatoms. The van der Waals surface area contributed by atoms with Gasteiger partial charge in [0.1, 0.15) is 0 Å². The van der Waals surface area contributed by atoms with Crippen molar-refractivity contribution in [1.82, 2.24) is 0 Å². The van der Waals surface area contributed by atoms with E-state index in [0.717, 1.165) is 12.8 Å². The molecule has 0 aromatic carbocycles. The molecule has 1 fully saturated rings. The average molecular weight is 144 g/mol. The number of rotatable bonds is 3. The van der Waals surface area contributed by atoms with Gasteiger partial charge in [-0.25, -0.2) is 4.79 Å². The van der Waals surface area contributed by atoms with E-state index in [0.29, 0.717) is 0 Å². The number of hydrogen-bond donors (Lipinski definition) is 1. The van der Waals surface area contributed by atoms with Crippen LogP contribution in [0.5, 0.6) is 0 Å². The van der Waals surface area contributed by atoms with Crippen LogP contribution in [0.4, 0.5) is 0 Å². The number of carbonyl (C=O) groups is 1. The van der Waals surface area contributed by atoms with E-state index < -0.39 is 11.6 Å². The zero-order valence-corrected chi connectivity index (χ0v) is 6.26. The summed E-state index contributed by atoms with van der Waals surface area (Å²) in [6, 6.07) is 0. The monoisotopic (exact) mass is 144 g/mol. The van der Waals surface area contributed by atoms with Crippen LogP contribution in [0.2, 0.25) is 0 Å². The highest BCUT2D eigenvalue weighted by Gasteiger charge is 2.35. The van der Waals surface area contributed by atoms with E-state index in [2.05, 4.69) is 0 Å². The Morgan fingerprint density at radius 3 is 2.40 bits per heavy atom. The number of ether oxygens (including phenoxy) is 1. The first-order valence-electron chi connectivity index (χ1n) is 3.43. The van der Waals surface area contributed by atoms with E-state index >= 15 is 0 Å². The number of carboxylic acid groups (broad SMARTS) is 1. The van der Waals surface area contributed by atoms with Crippen molar-refractivity contribution in [2.45, 2.75) is 38.4 Å². The standard InChI is InChI=1S/C7H12O3/c1-7(2,6(8)9)10-5-3-4-5/h5H,3-4H2,1-2H3,(H,8,9). The molecule has 1 aliphatic rings. The van der Waals surface area contributed by atoms with Gasteiger partial charge in [0.05, 0.1) is 6.10 Å². The topological polar surface area (TPSA) is 46.5 Å². The minimum atomic E-state index is -0.999. The molecule has 1 N–H and O–H groups in total. The summed E-state index contributed by atoms with van der Waals surface area (Å²) in [5, 5.41) is 8.59. The molecule has 1 saturated carbocycles. The third-order valence-corrected chi connectivity index (χ3v) is 1.50. The van der Waals surface area contributed by atoms with Gasteiger partial charge in [-0.05, 0) is 26.7 Å². The Hall–Kier alpha value is -0.570. The maximum atomic E-state index is 10.5. The molecule has 0 spiro atoms. The molecule has 1 aliphatic carbocycles. The van der Waals surface area contributed by atoms with E-state index in [1.54, 1.807) is 13.8 Å². The summed E-state index contributed by atoms with van der Waals surface area (Å²) in [7, 11) is 0. The Morgan fingerprint density at radius 1 is 1.60 bits per heavy atom. The lowest BCUT2D eigenvalue weighted by molar-refractivity contribution is -0.162. The minimum absolute atomic E-state index is 0.200. The summed E-state index contributed by atoms with van der Waals surface area (Å²) in [4.78, 5) is 10.5. The number of carboxylic acids is 1. The Bertz CT molecular complexity index is 147. The molecule has 0 saturated heterocycles. The lowest BCUT2D eigenvalue weighted by atomic mass is 10.1. The zero-order chi connectivity index (χ0) is 7.78. The maximum Gasteiger partial charge on any atom is 0.335 e. The van der Waals surface area contributed by atoms with Crippen LogP contribution < -0.4 is 0 Å². The molecular weight excluding hydrogens is 132 g/mol. The van der Waals surface area contributed by atoms with Crippen LogP contribution in [0.1, 0.15) is 26.7 Å². The molecule has 1 rings (SSSR count). The van der Waals surface area contributed by atoms with Crippen molar-refractivity contribution in [3.63, 3.8) is 0 Å². The van der Waals surface area contributed by atoms with Crippen LogP contribution in [0.3, 0.4) is 0 Å². The largest absolute Gasteiger partial charge is 0.479 e. The Morgan fingerprint density at radius 2 is 2.10 bits per heavy atom. The van der Waals surface area contributed by atoms with E-state index in [4.69, 9.17) is 9.84 Å². The molecule has 0 radical (unpaired) electrons. The van der Waals surface area contributed by atoms with Gasteiger partial charge >= 0.3 is 5.97 Å². The van der Waals surface area contributed by atoms with Crippen LogP contribution in [0, 0.1) is 0 Å². The summed E-state index contributed by atoms with van der Waals surface area (Å²) in [6.45, 7) is 3.15. The van der Waals surface area contributed by atoms with Crippen LogP contribution in [-0.4, -0.2) is 22.8 Å². The van der Waals surface area contributed by atoms with Gasteiger partial charge in [-0.2, -0.15) is 0 Å². The minimum Gasteiger partial charge on any atom is -0.479 e. The Labute approximate surface area is 60.0 Å². The highest BCUT2D eigenvalue weighted by Crippen LogP contribution is 2.28. The lowest BCUT2D eigenvalue weighted by Crippen LogP contribution is -2.35. The van der Waals surface area contributed by atoms with Crippen molar-refractivity contribution in [2.24, 2.45) is 0 Å². The van der Waals surface area contributed by atoms with Crippen LogP contribution in [0.25, 0.3) is 0 Å². The predicted octanol–water partition coefficient (Wildman–Crippen LogP) is 1.03. The molecule has 58 valence electrons. The van der Waals surface area contributed by atoms with Gasteiger partial charge in [-0.15, -0.1) is 0 Å². The Balaban J connectivity index is 2.40. The normalized spacial score (nSPS) is 19.0. The third-order valence-electron chi connectivity index (χ3n) is 1.50. The number of hydrogen-bond acceptors (Lipinski definition) is 2. The van der Waals surface area contributed by atoms with Crippen molar-refractivity contribution in [2.75, 3.05) is 0 Å². The molecule has 0 aromatic heterocycles. The number of aliphatic carboxylic acids is 1. The van der Waals surface area contributed by atoms with Gasteiger partial charge in [0.2, 0.25) is 0 Å². The van der Waals surface area contributed by atoms with Crippen LogP contribution >= 0.6 is 0 Å². The molecule has 0 unspecified atom stereocenters. The Kier molecular flexibility index (Phi) is 1.68. The van der Waals surface area contributed by atoms with Crippen molar-refractivity contribution in [3.8, 4) is 0 Å². The summed E-state index contributed by atoms with van der Waals surface area (Å²) in [6.07, 6.45) is 2.22. The van der Waals surface area contributed by atoms with E-state index in [9.17, 15) is 4.79 Å². The van der Waals surface area contributed by atoms with Gasteiger partial charge in [-0.1, -0.05) is 0 Å². The summed E-state index contributed by atoms with van der Waals surface area (Å²) in [5.74, 6) is -0.889. The molecule has 0 atom stereocenters. The van der Waals surface area contributed by atoms with Gasteiger partial charge < -0.3 is 9.84 Å². The van der Waals surface area contributed by atoms with Gasteiger partial charge in [-0.3, -0.25) is 0 Å². The SMILES string of the molecule is CC(C)(OC1CC1)C(=O)O. The van der Waals surface area contributed by atoms with Crippen LogP contribution in [0.15, 0.2) is 0 Å². The quantitative estimate of drug-likeness (QED) is 0.643. The summed E-state index contributed by atoms with van der Waals surface area (Å²) >= 11 is 0.